The summed E-state index contributed by atoms with van der Waals surface area (Å²) in [6, 6.07) is 8.88. The highest BCUT2D eigenvalue weighted by molar-refractivity contribution is 5.96. The third-order valence-corrected chi connectivity index (χ3v) is 3.14. The second-order valence-electron chi connectivity index (χ2n) is 5.08. The van der Waals surface area contributed by atoms with E-state index in [1.807, 2.05) is 0 Å². The number of nitrogens with one attached hydrogen (secondary N) is 1. The van der Waals surface area contributed by atoms with Gasteiger partial charge in [-0.05, 0) is 26.0 Å². The lowest BCUT2D eigenvalue weighted by atomic mass is 9.91. The number of anilines is 2. The number of amides is 1. The third kappa shape index (κ3) is 3.30. The minimum Gasteiger partial charge on any atom is -0.364 e. The minimum atomic E-state index is -0.732. The van der Waals surface area contributed by atoms with Gasteiger partial charge in [0.25, 0.3) is 5.91 Å². The predicted octanol–water partition coefficient (Wildman–Crippen LogP) is 1.21. The van der Waals surface area contributed by atoms with E-state index in [1.165, 1.54) is 6.07 Å². The van der Waals surface area contributed by atoms with Crippen LogP contribution >= 0.6 is 0 Å². The molecule has 2 aromatic rings. The van der Waals surface area contributed by atoms with Crippen LogP contribution in [-0.2, 0) is 5.41 Å². The van der Waals surface area contributed by atoms with Crippen LogP contribution in [0.1, 0.15) is 30.0 Å². The molecule has 0 aliphatic heterocycles. The number of hydrogen-bond acceptors (Lipinski definition) is 6. The zero-order valence-electron chi connectivity index (χ0n) is 12.0. The maximum absolute atomic E-state index is 11.4. The van der Waals surface area contributed by atoms with Crippen molar-refractivity contribution in [2.75, 3.05) is 5.32 Å². The third-order valence-electron chi connectivity index (χ3n) is 2.94. The van der Waals surface area contributed by atoms with Crippen LogP contribution in [-0.4, -0.2) is 21.1 Å². The number of nitriles is 1. The molecule has 0 spiro atoms. The zero-order chi connectivity index (χ0) is 16.3. The first-order valence-electron chi connectivity index (χ1n) is 6.34. The number of nitrogens with two attached hydrogens (primary N) is 1. The summed E-state index contributed by atoms with van der Waals surface area (Å²) < 4.78 is 0. The van der Waals surface area contributed by atoms with E-state index in [2.05, 4.69) is 26.6 Å². The standard InChI is InChI=1S/C14H13ClN6O/c1-14(2,7-16)9-4-3-5-11(19-9)18-8-6-10(15)20-21-12(8)13(17)22/h3-6,15H,1-2H3,(H2-,17,18,19,20,22)/p+1. The lowest BCUT2D eigenvalue weighted by Gasteiger charge is -2.16. The summed E-state index contributed by atoms with van der Waals surface area (Å²) in [6.45, 7) is 3.53. The monoisotopic (exact) mass is 317 g/mol. The van der Waals surface area contributed by atoms with Crippen molar-refractivity contribution in [3.05, 3.63) is 40.8 Å². The normalized spacial score (nSPS) is 10.8. The molecule has 0 fully saturated rings. The van der Waals surface area contributed by atoms with Crippen LogP contribution in [0.3, 0.4) is 0 Å². The van der Waals surface area contributed by atoms with Gasteiger partial charge in [-0.1, -0.05) is 11.2 Å². The Kier molecular flexibility index (Phi) is 4.24. The Labute approximate surface area is 132 Å². The van der Waals surface area contributed by atoms with Gasteiger partial charge < -0.3 is 11.1 Å². The molecular weight excluding hydrogens is 304 g/mol. The summed E-state index contributed by atoms with van der Waals surface area (Å²) in [7, 11) is 0. The van der Waals surface area contributed by atoms with Crippen molar-refractivity contribution in [1.29, 1.82) is 5.26 Å². The Bertz CT molecular complexity index is 768. The Morgan fingerprint density at radius 3 is 2.77 bits per heavy atom. The van der Waals surface area contributed by atoms with Gasteiger partial charge in [0.05, 0.1) is 28.9 Å². The molecule has 112 valence electrons. The first-order valence-corrected chi connectivity index (χ1v) is 6.74. The van der Waals surface area contributed by atoms with Gasteiger partial charge in [-0.2, -0.15) is 5.26 Å². The number of primary amides is 1. The largest absolute Gasteiger partial charge is 0.364 e. The molecule has 0 bridgehead atoms. The minimum absolute atomic E-state index is 0.0275. The summed E-state index contributed by atoms with van der Waals surface area (Å²) in [5.41, 5.74) is 5.42. The van der Waals surface area contributed by atoms with E-state index in [-0.39, 0.29) is 10.8 Å². The molecule has 0 atom stereocenters. The molecule has 8 heteroatoms. The average molecular weight is 318 g/mol. The second-order valence-corrected chi connectivity index (χ2v) is 5.50. The number of nitrogens with zero attached hydrogens (tertiary/aromatic N) is 4. The van der Waals surface area contributed by atoms with Gasteiger partial charge in [0.1, 0.15) is 5.82 Å². The summed E-state index contributed by atoms with van der Waals surface area (Å²) in [6.07, 6.45) is 0. The first-order chi connectivity index (χ1) is 10.3. The van der Waals surface area contributed by atoms with E-state index in [4.69, 9.17) is 17.3 Å². The Morgan fingerprint density at radius 2 is 2.14 bits per heavy atom. The fourth-order valence-electron chi connectivity index (χ4n) is 1.70. The van der Waals surface area contributed by atoms with E-state index in [0.717, 1.165) is 0 Å². The summed E-state index contributed by atoms with van der Waals surface area (Å²) in [5, 5.41) is 19.7. The van der Waals surface area contributed by atoms with Crippen LogP contribution < -0.4 is 11.1 Å². The van der Waals surface area contributed by atoms with Gasteiger partial charge in [-0.15, -0.1) is 5.10 Å². The smallest absolute Gasteiger partial charge is 0.338 e. The fourth-order valence-corrected chi connectivity index (χ4v) is 1.86. The lowest BCUT2D eigenvalue weighted by Crippen LogP contribution is -2.18. The first kappa shape index (κ1) is 15.7. The van der Waals surface area contributed by atoms with E-state index in [9.17, 15) is 10.1 Å². The molecule has 1 amide bonds. The van der Waals surface area contributed by atoms with Crippen LogP contribution in [0.5, 0.6) is 0 Å². The lowest BCUT2D eigenvalue weighted by molar-refractivity contribution is -0.297. The van der Waals surface area contributed by atoms with Gasteiger partial charge in [-0.3, -0.25) is 4.79 Å². The Hall–Kier alpha value is -2.72. The van der Waals surface area contributed by atoms with Crippen LogP contribution in [0.25, 0.3) is 0 Å². The van der Waals surface area contributed by atoms with Crippen molar-refractivity contribution < 1.29 is 16.4 Å². The molecule has 22 heavy (non-hydrogen) atoms. The molecule has 0 aliphatic carbocycles. The van der Waals surface area contributed by atoms with Gasteiger partial charge in [0.2, 0.25) is 0 Å². The second kappa shape index (κ2) is 5.95. The fraction of sp³-hybridized carbons (Fsp3) is 0.214. The van der Waals surface area contributed by atoms with Crippen LogP contribution in [0.2, 0.25) is 5.15 Å². The molecule has 0 radical (unpaired) electrons. The summed E-state index contributed by atoms with van der Waals surface area (Å²) >= 11 is 4.94. The van der Waals surface area contributed by atoms with E-state index < -0.39 is 11.3 Å². The zero-order valence-corrected chi connectivity index (χ0v) is 12.8. The number of pyridine rings is 1. The highest BCUT2D eigenvalue weighted by atomic mass is 35.5. The average Bonchev–Trinajstić information content (AvgIpc) is 2.47. The van der Waals surface area contributed by atoms with Crippen molar-refractivity contribution in [3.8, 4) is 6.07 Å². The number of carbonyl (C=O) groups is 1. The molecule has 2 heterocycles. The molecule has 0 unspecified atom stereocenters. The van der Waals surface area contributed by atoms with Gasteiger partial charge >= 0.3 is 5.15 Å². The quantitative estimate of drug-likeness (QED) is 0.875. The molecule has 0 aliphatic rings. The number of aromatic nitrogens is 3. The number of hydrogen-bond donors (Lipinski definition) is 2. The number of halogens is 1. The van der Waals surface area contributed by atoms with Crippen LogP contribution in [0.15, 0.2) is 24.3 Å². The van der Waals surface area contributed by atoms with E-state index >= 15 is 0 Å². The van der Waals surface area contributed by atoms with Crippen molar-refractivity contribution in [2.24, 2.45) is 5.73 Å². The summed E-state index contributed by atoms with van der Waals surface area (Å²) in [5.74, 6) is -0.274. The van der Waals surface area contributed by atoms with Gasteiger partial charge in [-0.25, -0.2) is 4.98 Å². The highest BCUT2D eigenvalue weighted by Gasteiger charge is 2.22. The van der Waals surface area contributed by atoms with E-state index in [0.29, 0.717) is 17.2 Å². The molecule has 7 nitrogen and oxygen atoms in total. The maximum atomic E-state index is 11.4. The molecule has 0 saturated heterocycles. The molecule has 2 aromatic heterocycles. The van der Waals surface area contributed by atoms with Crippen molar-refractivity contribution >= 4 is 17.4 Å². The highest BCUT2D eigenvalue weighted by Crippen LogP contribution is 2.24. The number of carbonyl (C=O) groups excluding carboxylic acids is 1. The van der Waals surface area contributed by atoms with Gasteiger partial charge in [0.15, 0.2) is 17.3 Å². The van der Waals surface area contributed by atoms with Gasteiger partial charge in [0, 0.05) is 0 Å². The molecule has 0 aromatic carbocycles. The topological polar surface area (TPSA) is 118 Å². The molecule has 3 N–H and O–H groups in total. The Morgan fingerprint density at radius 1 is 1.41 bits per heavy atom. The SMILES string of the molecule is CC(C)(C#N)c1cccc(Nc2cc([ClH+])nnc2C(N)=O)n1. The van der Waals surface area contributed by atoms with Crippen LogP contribution in [0, 0.1) is 22.9 Å². The molecular formula is C14H14ClN6O+. The van der Waals surface area contributed by atoms with Crippen LogP contribution in [0.4, 0.5) is 11.5 Å². The summed E-state index contributed by atoms with van der Waals surface area (Å²) in [4.78, 5) is 15.8. The predicted molar refractivity (Wildman–Crippen MR) is 77.3 cm³/mol. The molecule has 0 saturated carbocycles. The maximum Gasteiger partial charge on any atom is 0.338 e. The van der Waals surface area contributed by atoms with Crippen molar-refractivity contribution in [3.63, 3.8) is 0 Å². The van der Waals surface area contributed by atoms with Crippen molar-refractivity contribution in [2.45, 2.75) is 19.3 Å². The van der Waals surface area contributed by atoms with Crippen molar-refractivity contribution in [1.82, 2.24) is 15.2 Å². The Balaban J connectivity index is 2.41. The van der Waals surface area contributed by atoms with E-state index in [1.54, 1.807) is 32.0 Å². The number of rotatable bonds is 4. The molecule has 2 rings (SSSR count).